The summed E-state index contributed by atoms with van der Waals surface area (Å²) in [6, 6.07) is 11.5. The second kappa shape index (κ2) is 6.88. The Morgan fingerprint density at radius 2 is 2.10 bits per heavy atom. The molecule has 0 saturated carbocycles. The van der Waals surface area contributed by atoms with Crippen LogP contribution in [-0.2, 0) is 11.3 Å². The average molecular weight is 284 g/mol. The van der Waals surface area contributed by atoms with Gasteiger partial charge in [0.15, 0.2) is 6.10 Å². The molecule has 0 saturated heterocycles. The van der Waals surface area contributed by atoms with E-state index >= 15 is 0 Å². The van der Waals surface area contributed by atoms with Crippen molar-refractivity contribution >= 4 is 5.91 Å². The van der Waals surface area contributed by atoms with Gasteiger partial charge in [0.05, 0.1) is 12.2 Å². The Balaban J connectivity index is 1.90. The molecule has 1 heterocycles. The summed E-state index contributed by atoms with van der Waals surface area (Å²) in [7, 11) is 0. The van der Waals surface area contributed by atoms with Crippen molar-refractivity contribution < 1.29 is 9.53 Å². The number of ether oxygens (including phenoxy) is 1. The first-order chi connectivity index (χ1) is 10.1. The Kier molecular flexibility index (Phi) is 4.93. The molecule has 2 aromatic rings. The zero-order valence-electron chi connectivity index (χ0n) is 12.6. The Morgan fingerprint density at radius 1 is 1.29 bits per heavy atom. The van der Waals surface area contributed by atoms with Crippen molar-refractivity contribution in [2.45, 2.75) is 33.4 Å². The summed E-state index contributed by atoms with van der Waals surface area (Å²) in [5.41, 5.74) is 3.02. The molecule has 1 aromatic heterocycles. The van der Waals surface area contributed by atoms with Gasteiger partial charge < -0.3 is 10.1 Å². The number of benzene rings is 1. The summed E-state index contributed by atoms with van der Waals surface area (Å²) in [5.74, 6) is 0.585. The van der Waals surface area contributed by atoms with Crippen molar-refractivity contribution in [2.24, 2.45) is 0 Å². The Morgan fingerprint density at radius 3 is 2.76 bits per heavy atom. The van der Waals surface area contributed by atoms with E-state index in [0.29, 0.717) is 6.54 Å². The highest BCUT2D eigenvalue weighted by molar-refractivity contribution is 5.80. The van der Waals surface area contributed by atoms with Crippen LogP contribution in [0.15, 0.2) is 42.6 Å². The molecule has 0 bridgehead atoms. The number of carbonyl (C=O) groups is 1. The van der Waals surface area contributed by atoms with Gasteiger partial charge in [0.1, 0.15) is 5.75 Å². The fourth-order valence-corrected chi connectivity index (χ4v) is 2.00. The summed E-state index contributed by atoms with van der Waals surface area (Å²) in [4.78, 5) is 16.2. The van der Waals surface area contributed by atoms with Gasteiger partial charge in [-0.1, -0.05) is 23.8 Å². The van der Waals surface area contributed by atoms with Crippen molar-refractivity contribution in [1.82, 2.24) is 10.3 Å². The van der Waals surface area contributed by atoms with Crippen LogP contribution in [0.3, 0.4) is 0 Å². The minimum atomic E-state index is -0.546. The van der Waals surface area contributed by atoms with Crippen LogP contribution in [-0.4, -0.2) is 17.0 Å². The van der Waals surface area contributed by atoms with Crippen LogP contribution >= 0.6 is 0 Å². The lowest BCUT2D eigenvalue weighted by atomic mass is 10.1. The van der Waals surface area contributed by atoms with E-state index < -0.39 is 6.10 Å². The normalized spacial score (nSPS) is 11.8. The topological polar surface area (TPSA) is 51.2 Å². The van der Waals surface area contributed by atoms with E-state index in [1.165, 1.54) is 5.56 Å². The third kappa shape index (κ3) is 4.31. The molecule has 1 atom stereocenters. The lowest BCUT2D eigenvalue weighted by molar-refractivity contribution is -0.127. The maximum Gasteiger partial charge on any atom is 0.261 e. The molecule has 110 valence electrons. The van der Waals surface area contributed by atoms with Crippen molar-refractivity contribution in [3.05, 3.63) is 59.4 Å². The number of amides is 1. The number of rotatable bonds is 5. The summed E-state index contributed by atoms with van der Waals surface area (Å²) in [5, 5.41) is 2.82. The fraction of sp³-hybridized carbons (Fsp3) is 0.294. The van der Waals surface area contributed by atoms with Crippen LogP contribution in [0, 0.1) is 13.8 Å². The number of aromatic nitrogens is 1. The van der Waals surface area contributed by atoms with Crippen LogP contribution in [0.5, 0.6) is 5.75 Å². The number of hydrogen-bond acceptors (Lipinski definition) is 3. The number of aryl methyl sites for hydroxylation is 2. The molecule has 0 aliphatic heterocycles. The summed E-state index contributed by atoms with van der Waals surface area (Å²) in [6.07, 6.45) is 1.16. The van der Waals surface area contributed by atoms with Crippen molar-refractivity contribution in [3.8, 4) is 5.75 Å². The lowest BCUT2D eigenvalue weighted by Crippen LogP contribution is -2.36. The molecule has 0 aliphatic carbocycles. The molecule has 4 nitrogen and oxygen atoms in total. The standard InChI is InChI=1S/C17H20N2O2/c1-12-7-8-16(13(2)10-12)21-14(3)17(20)19-11-15-6-4-5-9-18-15/h4-10,14H,11H2,1-3H3,(H,19,20)/t14-/m1/s1. The minimum absolute atomic E-state index is 0.152. The average Bonchev–Trinajstić information content (AvgIpc) is 2.48. The van der Waals surface area contributed by atoms with Gasteiger partial charge in [0.25, 0.3) is 5.91 Å². The molecule has 1 amide bonds. The smallest absolute Gasteiger partial charge is 0.261 e. The van der Waals surface area contributed by atoms with E-state index in [2.05, 4.69) is 10.3 Å². The Labute approximate surface area is 125 Å². The van der Waals surface area contributed by atoms with Gasteiger partial charge in [0.2, 0.25) is 0 Å². The molecule has 0 unspecified atom stereocenters. The summed E-state index contributed by atoms with van der Waals surface area (Å²) in [6.45, 7) is 6.15. The highest BCUT2D eigenvalue weighted by atomic mass is 16.5. The highest BCUT2D eigenvalue weighted by Gasteiger charge is 2.15. The maximum atomic E-state index is 12.0. The molecular weight excluding hydrogens is 264 g/mol. The molecule has 0 spiro atoms. The van der Waals surface area contributed by atoms with Crippen molar-refractivity contribution in [1.29, 1.82) is 0 Å². The third-order valence-corrected chi connectivity index (χ3v) is 3.17. The van der Waals surface area contributed by atoms with Crippen LogP contribution in [0.4, 0.5) is 0 Å². The second-order valence-electron chi connectivity index (χ2n) is 5.07. The predicted octanol–water partition coefficient (Wildman–Crippen LogP) is 2.78. The number of hydrogen-bond donors (Lipinski definition) is 1. The molecule has 1 aromatic carbocycles. The van der Waals surface area contributed by atoms with E-state index in [-0.39, 0.29) is 5.91 Å². The van der Waals surface area contributed by atoms with Gasteiger partial charge in [-0.3, -0.25) is 9.78 Å². The molecular formula is C17H20N2O2. The van der Waals surface area contributed by atoms with E-state index in [1.807, 2.05) is 50.2 Å². The monoisotopic (exact) mass is 284 g/mol. The van der Waals surface area contributed by atoms with Crippen molar-refractivity contribution in [3.63, 3.8) is 0 Å². The van der Waals surface area contributed by atoms with Gasteiger partial charge in [-0.25, -0.2) is 0 Å². The number of nitrogens with zero attached hydrogens (tertiary/aromatic N) is 1. The molecule has 2 rings (SSSR count). The van der Waals surface area contributed by atoms with Crippen LogP contribution < -0.4 is 10.1 Å². The van der Waals surface area contributed by atoms with Gasteiger partial charge in [-0.15, -0.1) is 0 Å². The summed E-state index contributed by atoms with van der Waals surface area (Å²) >= 11 is 0. The van der Waals surface area contributed by atoms with Gasteiger partial charge in [0, 0.05) is 6.20 Å². The van der Waals surface area contributed by atoms with Crippen LogP contribution in [0.25, 0.3) is 0 Å². The minimum Gasteiger partial charge on any atom is -0.481 e. The van der Waals surface area contributed by atoms with Gasteiger partial charge in [-0.2, -0.15) is 0 Å². The zero-order chi connectivity index (χ0) is 15.2. The molecule has 21 heavy (non-hydrogen) atoms. The predicted molar refractivity (Wildman–Crippen MR) is 82.1 cm³/mol. The fourth-order valence-electron chi connectivity index (χ4n) is 2.00. The van der Waals surface area contributed by atoms with E-state index in [9.17, 15) is 4.79 Å². The Bertz CT molecular complexity index is 611. The van der Waals surface area contributed by atoms with Gasteiger partial charge >= 0.3 is 0 Å². The third-order valence-electron chi connectivity index (χ3n) is 3.17. The number of carbonyl (C=O) groups excluding carboxylic acids is 1. The van der Waals surface area contributed by atoms with E-state index in [0.717, 1.165) is 17.0 Å². The molecule has 0 aliphatic rings. The number of pyridine rings is 1. The van der Waals surface area contributed by atoms with Crippen molar-refractivity contribution in [2.75, 3.05) is 0 Å². The number of nitrogens with one attached hydrogen (secondary N) is 1. The molecule has 1 N–H and O–H groups in total. The molecule has 0 radical (unpaired) electrons. The Hall–Kier alpha value is -2.36. The first kappa shape index (κ1) is 15.0. The van der Waals surface area contributed by atoms with Crippen LogP contribution in [0.1, 0.15) is 23.7 Å². The van der Waals surface area contributed by atoms with E-state index in [4.69, 9.17) is 4.74 Å². The first-order valence-electron chi connectivity index (χ1n) is 6.98. The molecule has 4 heteroatoms. The zero-order valence-corrected chi connectivity index (χ0v) is 12.6. The highest BCUT2D eigenvalue weighted by Crippen LogP contribution is 2.20. The largest absolute Gasteiger partial charge is 0.481 e. The van der Waals surface area contributed by atoms with Gasteiger partial charge in [-0.05, 0) is 44.5 Å². The second-order valence-corrected chi connectivity index (χ2v) is 5.07. The lowest BCUT2D eigenvalue weighted by Gasteiger charge is -2.16. The molecule has 0 fully saturated rings. The quantitative estimate of drug-likeness (QED) is 0.918. The first-order valence-corrected chi connectivity index (χ1v) is 6.98. The summed E-state index contributed by atoms with van der Waals surface area (Å²) < 4.78 is 5.72. The van der Waals surface area contributed by atoms with E-state index in [1.54, 1.807) is 13.1 Å². The maximum absolute atomic E-state index is 12.0. The van der Waals surface area contributed by atoms with Crippen LogP contribution in [0.2, 0.25) is 0 Å². The SMILES string of the molecule is Cc1ccc(O[C@H](C)C(=O)NCc2ccccn2)c(C)c1.